The predicted molar refractivity (Wildman–Crippen MR) is 110 cm³/mol. The van der Waals surface area contributed by atoms with Gasteiger partial charge in [-0.05, 0) is 30.3 Å². The van der Waals surface area contributed by atoms with Crippen LogP contribution in [0.2, 0.25) is 5.02 Å². The molecule has 0 bridgehead atoms. The molecule has 1 saturated heterocycles. The average Bonchev–Trinajstić information content (AvgIpc) is 2.65. The SMILES string of the molecule is Cl.N[C@@H]1CC2(CCN(C(=O)Nc3ccc(F)cc3)CC2)Oc2c(Cl)cccc21. The fraction of sp³-hybridized carbons (Fsp3) is 0.350. The third-order valence-corrected chi connectivity index (χ3v) is 5.66. The van der Waals surface area contributed by atoms with Gasteiger partial charge in [0.05, 0.1) is 5.02 Å². The number of anilines is 1. The van der Waals surface area contributed by atoms with Crippen LogP contribution in [0.3, 0.4) is 0 Å². The van der Waals surface area contributed by atoms with E-state index >= 15 is 0 Å². The zero-order valence-corrected chi connectivity index (χ0v) is 16.7. The number of urea groups is 1. The maximum absolute atomic E-state index is 13.0. The van der Waals surface area contributed by atoms with E-state index in [0.717, 1.165) is 5.56 Å². The Morgan fingerprint density at radius 1 is 1.21 bits per heavy atom. The highest BCUT2D eigenvalue weighted by molar-refractivity contribution is 6.32. The first-order chi connectivity index (χ1) is 13.0. The van der Waals surface area contributed by atoms with E-state index in [1.807, 2.05) is 12.1 Å². The Hall–Kier alpha value is -2.02. The van der Waals surface area contributed by atoms with Crippen molar-refractivity contribution < 1.29 is 13.9 Å². The number of ether oxygens (including phenoxy) is 1. The summed E-state index contributed by atoms with van der Waals surface area (Å²) in [4.78, 5) is 14.2. The van der Waals surface area contributed by atoms with Crippen molar-refractivity contribution in [1.29, 1.82) is 0 Å². The Morgan fingerprint density at radius 2 is 1.89 bits per heavy atom. The summed E-state index contributed by atoms with van der Waals surface area (Å²) in [6.07, 6.45) is 2.07. The number of amides is 2. The second-order valence-corrected chi connectivity index (χ2v) is 7.59. The number of carbonyl (C=O) groups excluding carboxylic acids is 1. The van der Waals surface area contributed by atoms with Crippen LogP contribution in [0.4, 0.5) is 14.9 Å². The van der Waals surface area contributed by atoms with Gasteiger partial charge in [-0.3, -0.25) is 0 Å². The van der Waals surface area contributed by atoms with Crippen molar-refractivity contribution in [2.24, 2.45) is 5.73 Å². The van der Waals surface area contributed by atoms with Crippen LogP contribution in [-0.4, -0.2) is 29.6 Å². The molecule has 1 fully saturated rings. The lowest BCUT2D eigenvalue weighted by molar-refractivity contribution is -0.0120. The van der Waals surface area contributed by atoms with Crippen LogP contribution in [0.1, 0.15) is 30.9 Å². The smallest absolute Gasteiger partial charge is 0.321 e. The van der Waals surface area contributed by atoms with E-state index in [-0.39, 0.29) is 30.3 Å². The number of nitrogens with one attached hydrogen (secondary N) is 1. The molecule has 3 N–H and O–H groups in total. The van der Waals surface area contributed by atoms with E-state index in [4.69, 9.17) is 22.1 Å². The van der Waals surface area contributed by atoms with E-state index in [1.54, 1.807) is 23.1 Å². The van der Waals surface area contributed by atoms with Crippen LogP contribution in [0, 0.1) is 5.82 Å². The van der Waals surface area contributed by atoms with Gasteiger partial charge in [-0.1, -0.05) is 23.7 Å². The van der Waals surface area contributed by atoms with Gasteiger partial charge in [-0.2, -0.15) is 0 Å². The maximum Gasteiger partial charge on any atom is 0.321 e. The molecule has 0 aliphatic carbocycles. The fourth-order valence-corrected chi connectivity index (χ4v) is 4.07. The highest BCUT2D eigenvalue weighted by Gasteiger charge is 2.43. The van der Waals surface area contributed by atoms with Gasteiger partial charge in [0.15, 0.2) is 0 Å². The summed E-state index contributed by atoms with van der Waals surface area (Å²) < 4.78 is 19.3. The Kier molecular flexibility index (Phi) is 6.03. The molecule has 2 heterocycles. The monoisotopic (exact) mass is 425 g/mol. The molecule has 2 aromatic carbocycles. The minimum absolute atomic E-state index is 0. The van der Waals surface area contributed by atoms with E-state index in [0.29, 0.717) is 48.8 Å². The molecule has 0 radical (unpaired) electrons. The number of carbonyl (C=O) groups is 1. The molecule has 0 unspecified atom stereocenters. The standard InChI is InChI=1S/C20H21ClFN3O2.ClH/c21-16-3-1-2-15-17(23)12-20(27-18(15)16)8-10-25(11-9-20)19(26)24-14-6-4-13(22)5-7-14;/h1-7,17H,8-12,23H2,(H,24,26);1H/t17-;/m1./s1. The number of likely N-dealkylation sites (tertiary alicyclic amines) is 1. The van der Waals surface area contributed by atoms with Gasteiger partial charge >= 0.3 is 6.03 Å². The third-order valence-electron chi connectivity index (χ3n) is 5.36. The summed E-state index contributed by atoms with van der Waals surface area (Å²) in [6.45, 7) is 1.11. The van der Waals surface area contributed by atoms with E-state index < -0.39 is 5.60 Å². The summed E-state index contributed by atoms with van der Waals surface area (Å²) in [6, 6.07) is 11.0. The number of nitrogens with two attached hydrogens (primary N) is 1. The lowest BCUT2D eigenvalue weighted by Crippen LogP contribution is -2.53. The largest absolute Gasteiger partial charge is 0.485 e. The Bertz CT molecular complexity index is 855. The molecule has 2 aromatic rings. The second kappa shape index (κ2) is 8.15. The highest BCUT2D eigenvalue weighted by Crippen LogP contribution is 2.46. The molecule has 2 aliphatic heterocycles. The van der Waals surface area contributed by atoms with Crippen LogP contribution in [0.25, 0.3) is 0 Å². The van der Waals surface area contributed by atoms with Gasteiger partial charge in [0, 0.05) is 49.6 Å². The number of nitrogens with zero attached hydrogens (tertiary/aromatic N) is 1. The summed E-state index contributed by atoms with van der Waals surface area (Å²) in [5.74, 6) is 0.333. The summed E-state index contributed by atoms with van der Waals surface area (Å²) in [7, 11) is 0. The van der Waals surface area contributed by atoms with Crippen molar-refractivity contribution in [1.82, 2.24) is 4.90 Å². The van der Waals surface area contributed by atoms with Gasteiger partial charge < -0.3 is 20.7 Å². The number of para-hydroxylation sites is 1. The van der Waals surface area contributed by atoms with Gasteiger partial charge in [0.1, 0.15) is 17.2 Å². The number of hydrogen-bond acceptors (Lipinski definition) is 3. The van der Waals surface area contributed by atoms with Gasteiger partial charge in [0.25, 0.3) is 0 Å². The zero-order chi connectivity index (χ0) is 19.0. The van der Waals surface area contributed by atoms with Crippen molar-refractivity contribution in [2.75, 3.05) is 18.4 Å². The lowest BCUT2D eigenvalue weighted by Gasteiger charge is -2.46. The van der Waals surface area contributed by atoms with Crippen molar-refractivity contribution in [3.05, 3.63) is 58.9 Å². The number of piperidine rings is 1. The van der Waals surface area contributed by atoms with Crippen LogP contribution in [-0.2, 0) is 0 Å². The molecule has 8 heteroatoms. The number of hydrogen-bond donors (Lipinski definition) is 2. The van der Waals surface area contributed by atoms with Crippen LogP contribution < -0.4 is 15.8 Å². The Balaban J connectivity index is 0.00000225. The third kappa shape index (κ3) is 4.04. The lowest BCUT2D eigenvalue weighted by atomic mass is 9.81. The number of benzene rings is 2. The first-order valence-electron chi connectivity index (χ1n) is 9.00. The topological polar surface area (TPSA) is 67.6 Å². The molecular formula is C20H22Cl2FN3O2. The minimum atomic E-state index is -0.399. The minimum Gasteiger partial charge on any atom is -0.485 e. The van der Waals surface area contributed by atoms with Crippen molar-refractivity contribution in [2.45, 2.75) is 30.9 Å². The van der Waals surface area contributed by atoms with Crippen molar-refractivity contribution in [3.8, 4) is 5.75 Å². The second-order valence-electron chi connectivity index (χ2n) is 7.18. The first-order valence-corrected chi connectivity index (χ1v) is 9.38. The summed E-state index contributed by atoms with van der Waals surface area (Å²) in [5, 5.41) is 3.37. The molecule has 1 atom stereocenters. The highest BCUT2D eigenvalue weighted by atomic mass is 35.5. The normalized spacial score (nSPS) is 20.0. The number of rotatable bonds is 1. The maximum atomic E-state index is 13.0. The van der Waals surface area contributed by atoms with Gasteiger partial charge in [0.2, 0.25) is 0 Å². The van der Waals surface area contributed by atoms with Crippen molar-refractivity contribution >= 4 is 35.7 Å². The number of fused-ring (bicyclic) bond motifs is 1. The average molecular weight is 426 g/mol. The van der Waals surface area contributed by atoms with E-state index in [9.17, 15) is 9.18 Å². The van der Waals surface area contributed by atoms with E-state index in [2.05, 4.69) is 5.32 Å². The van der Waals surface area contributed by atoms with Crippen LogP contribution in [0.5, 0.6) is 5.75 Å². The Labute approximate surface area is 174 Å². The molecule has 150 valence electrons. The quantitative estimate of drug-likeness (QED) is 0.692. The molecule has 28 heavy (non-hydrogen) atoms. The zero-order valence-electron chi connectivity index (χ0n) is 15.2. The van der Waals surface area contributed by atoms with Crippen LogP contribution >= 0.6 is 24.0 Å². The molecule has 2 amide bonds. The predicted octanol–water partition coefficient (Wildman–Crippen LogP) is 4.75. The fourth-order valence-electron chi connectivity index (χ4n) is 3.85. The molecule has 2 aliphatic rings. The molecule has 4 rings (SSSR count). The molecule has 0 aromatic heterocycles. The van der Waals surface area contributed by atoms with Gasteiger partial charge in [-0.15, -0.1) is 12.4 Å². The molecular weight excluding hydrogens is 404 g/mol. The first kappa shape index (κ1) is 20.7. The van der Waals surface area contributed by atoms with E-state index in [1.165, 1.54) is 12.1 Å². The molecule has 5 nitrogen and oxygen atoms in total. The van der Waals surface area contributed by atoms with Gasteiger partial charge in [-0.25, -0.2) is 9.18 Å². The van der Waals surface area contributed by atoms with Crippen molar-refractivity contribution in [3.63, 3.8) is 0 Å². The number of halogens is 3. The molecule has 0 saturated carbocycles. The molecule has 1 spiro atoms. The Morgan fingerprint density at radius 3 is 2.57 bits per heavy atom. The van der Waals surface area contributed by atoms with Crippen LogP contribution in [0.15, 0.2) is 42.5 Å². The summed E-state index contributed by atoms with van der Waals surface area (Å²) >= 11 is 6.31. The summed E-state index contributed by atoms with van der Waals surface area (Å²) in [5.41, 5.74) is 7.47.